The second kappa shape index (κ2) is 13.4. The van der Waals surface area contributed by atoms with Crippen molar-refractivity contribution in [3.05, 3.63) is 157 Å². The van der Waals surface area contributed by atoms with Crippen LogP contribution in [0, 0.1) is 48.5 Å². The lowest BCUT2D eigenvalue weighted by atomic mass is 9.73. The minimum absolute atomic E-state index is 0.00867. The van der Waals surface area contributed by atoms with Crippen molar-refractivity contribution in [3.8, 4) is 17.3 Å². The first-order valence-corrected chi connectivity index (χ1v) is 23.1. The van der Waals surface area contributed by atoms with Crippen molar-refractivity contribution in [1.29, 1.82) is 0 Å². The van der Waals surface area contributed by atoms with Crippen LogP contribution in [0.25, 0.3) is 27.6 Å². The van der Waals surface area contributed by atoms with Gasteiger partial charge in [-0.25, -0.2) is 4.98 Å². The number of aliphatic imine (C=N–C) groups is 1. The fraction of sp³-hybridized carbons (Fsp3) is 0.379. The third-order valence-electron chi connectivity index (χ3n) is 16.0. The summed E-state index contributed by atoms with van der Waals surface area (Å²) in [5.74, 6) is 3.94. The average Bonchev–Trinajstić information content (AvgIpc) is 3.75. The molecule has 322 valence electrons. The van der Waals surface area contributed by atoms with E-state index in [1.807, 2.05) is 6.20 Å². The molecule has 0 fully saturated rings. The summed E-state index contributed by atoms with van der Waals surface area (Å²) in [6, 6.07) is 27.7. The molecular weight excluding hydrogens is 769 g/mol. The van der Waals surface area contributed by atoms with Crippen LogP contribution in [0.2, 0.25) is 0 Å². The molecule has 0 bridgehead atoms. The monoisotopic (exact) mass is 833 g/mol. The van der Waals surface area contributed by atoms with Crippen LogP contribution in [0.15, 0.2) is 84.0 Å². The Hall–Kier alpha value is -5.68. The number of hydrogen-bond donors (Lipinski definition) is 0. The summed E-state index contributed by atoms with van der Waals surface area (Å²) < 4.78 is 9.61. The van der Waals surface area contributed by atoms with Gasteiger partial charge in [0.05, 0.1) is 22.1 Å². The van der Waals surface area contributed by atoms with Crippen molar-refractivity contribution in [3.63, 3.8) is 0 Å². The molecular formula is C58H64N4O. The Morgan fingerprint density at radius 1 is 0.698 bits per heavy atom. The molecule has 5 nitrogen and oxygen atoms in total. The smallest absolute Gasteiger partial charge is 0.141 e. The molecule has 4 heterocycles. The predicted octanol–water partition coefficient (Wildman–Crippen LogP) is 14.7. The van der Waals surface area contributed by atoms with Crippen molar-refractivity contribution < 1.29 is 4.74 Å². The summed E-state index contributed by atoms with van der Waals surface area (Å²) in [4.78, 5) is 13.6. The Morgan fingerprint density at radius 2 is 1.41 bits per heavy atom. The van der Waals surface area contributed by atoms with Crippen LogP contribution in [-0.2, 0) is 22.8 Å². The van der Waals surface area contributed by atoms with E-state index in [4.69, 9.17) is 14.7 Å². The summed E-state index contributed by atoms with van der Waals surface area (Å²) >= 11 is 0. The molecule has 10 rings (SSSR count). The summed E-state index contributed by atoms with van der Waals surface area (Å²) in [5, 5.41) is 2.49. The molecule has 0 radical (unpaired) electrons. The molecule has 2 atom stereocenters. The molecule has 7 aromatic rings. The Labute approximate surface area is 375 Å². The van der Waals surface area contributed by atoms with Gasteiger partial charge in [-0.2, -0.15) is 0 Å². The standard InChI is InChI=1S/C58H64N4O/c1-31(2)39-24-40(53-60-57(15)30-45-36(7)32(3)19-20-46(45)58(57,16)62(53)51-37(8)33(4)22-34(5)38(51)9)26-42(25-39)63-50-29-49-43(23-35(50)6)44-27-41(55(10,11)12)28-48-52(44)61(49)54-47(56(48,13)14)18-17-21-59-54/h17-29,31H,30H2,1-16H3/t57-,58+/m1/s1. The summed E-state index contributed by atoms with van der Waals surface area (Å²) in [6.07, 6.45) is 2.82. The number of aryl methyl sites for hydroxylation is 4. The van der Waals surface area contributed by atoms with Gasteiger partial charge in [0.1, 0.15) is 23.2 Å². The normalized spacial score (nSPS) is 19.8. The van der Waals surface area contributed by atoms with Crippen LogP contribution in [0.3, 0.4) is 0 Å². The molecule has 5 aromatic carbocycles. The van der Waals surface area contributed by atoms with Crippen LogP contribution in [0.5, 0.6) is 11.5 Å². The predicted molar refractivity (Wildman–Crippen MR) is 265 cm³/mol. The number of ether oxygens (including phenoxy) is 1. The number of fused-ring (bicyclic) bond motifs is 8. The largest absolute Gasteiger partial charge is 0.457 e. The molecule has 2 aromatic heterocycles. The lowest BCUT2D eigenvalue weighted by Crippen LogP contribution is -2.52. The lowest BCUT2D eigenvalue weighted by Gasteiger charge is -2.44. The van der Waals surface area contributed by atoms with Crippen LogP contribution < -0.4 is 9.64 Å². The Balaban J connectivity index is 1.18. The van der Waals surface area contributed by atoms with Crippen LogP contribution in [-0.4, -0.2) is 20.9 Å². The molecule has 0 saturated carbocycles. The molecule has 0 saturated heterocycles. The number of rotatable bonds is 5. The topological polar surface area (TPSA) is 42.6 Å². The maximum Gasteiger partial charge on any atom is 0.141 e. The van der Waals surface area contributed by atoms with Crippen LogP contribution in [0.1, 0.15) is 146 Å². The van der Waals surface area contributed by atoms with Gasteiger partial charge in [0.15, 0.2) is 0 Å². The van der Waals surface area contributed by atoms with Gasteiger partial charge in [-0.1, -0.05) is 78.8 Å². The summed E-state index contributed by atoms with van der Waals surface area (Å²) in [6.45, 7) is 36.8. The van der Waals surface area contributed by atoms with E-state index in [9.17, 15) is 0 Å². The lowest BCUT2D eigenvalue weighted by molar-refractivity contribution is 0.321. The molecule has 5 heteroatoms. The number of pyridine rings is 1. The average molecular weight is 833 g/mol. The quantitative estimate of drug-likeness (QED) is 0.173. The van der Waals surface area contributed by atoms with E-state index in [0.29, 0.717) is 0 Å². The number of aromatic nitrogens is 2. The van der Waals surface area contributed by atoms with E-state index in [1.54, 1.807) is 0 Å². The number of nitrogens with zero attached hydrogens (tertiary/aromatic N) is 4. The molecule has 0 unspecified atom stereocenters. The SMILES string of the molecule is Cc1cc2c3cc(C(C)(C)C)cc4c3n(c2cc1Oc1cc(C2=N[C@]3(C)Cc5c(ccc(C)c5C)[C@]3(C)N2c2c(C)c(C)cc(C)c2C)cc(C(C)C)c1)-c1ncccc1C4(C)C. The van der Waals surface area contributed by atoms with Gasteiger partial charge in [0.25, 0.3) is 0 Å². The van der Waals surface area contributed by atoms with Gasteiger partial charge >= 0.3 is 0 Å². The van der Waals surface area contributed by atoms with E-state index in [-0.39, 0.29) is 22.3 Å². The summed E-state index contributed by atoms with van der Waals surface area (Å²) in [7, 11) is 0. The first-order valence-electron chi connectivity index (χ1n) is 23.1. The Kier molecular flexibility index (Phi) is 8.81. The first kappa shape index (κ1) is 41.3. The molecule has 0 amide bonds. The fourth-order valence-electron chi connectivity index (χ4n) is 11.4. The van der Waals surface area contributed by atoms with Crippen molar-refractivity contribution in [2.24, 2.45) is 4.99 Å². The van der Waals surface area contributed by atoms with E-state index < -0.39 is 5.54 Å². The maximum absolute atomic E-state index is 7.21. The van der Waals surface area contributed by atoms with Gasteiger partial charge in [-0.3, -0.25) is 9.56 Å². The molecule has 63 heavy (non-hydrogen) atoms. The zero-order valence-corrected chi connectivity index (χ0v) is 40.5. The van der Waals surface area contributed by atoms with Gasteiger partial charge in [0.2, 0.25) is 0 Å². The second-order valence-electron chi connectivity index (χ2n) is 21.6. The summed E-state index contributed by atoms with van der Waals surface area (Å²) in [5.41, 5.74) is 20.7. The first-order chi connectivity index (χ1) is 29.6. The third-order valence-corrected chi connectivity index (χ3v) is 16.0. The molecule has 0 spiro atoms. The van der Waals surface area contributed by atoms with Crippen molar-refractivity contribution in [2.75, 3.05) is 4.90 Å². The van der Waals surface area contributed by atoms with Gasteiger partial charge in [-0.15, -0.1) is 0 Å². The highest BCUT2D eigenvalue weighted by Crippen LogP contribution is 2.58. The minimum atomic E-state index is -0.411. The molecule has 3 aliphatic rings. The fourth-order valence-corrected chi connectivity index (χ4v) is 11.4. The highest BCUT2D eigenvalue weighted by atomic mass is 16.5. The Bertz CT molecular complexity index is 3140. The van der Waals surface area contributed by atoms with Gasteiger partial charge in [-0.05, 0) is 177 Å². The van der Waals surface area contributed by atoms with Gasteiger partial charge < -0.3 is 9.64 Å². The highest BCUT2D eigenvalue weighted by Gasteiger charge is 2.62. The highest BCUT2D eigenvalue weighted by molar-refractivity contribution is 6.15. The second-order valence-corrected chi connectivity index (χ2v) is 21.6. The number of benzene rings is 5. The zero-order chi connectivity index (χ0) is 45.0. The van der Waals surface area contributed by atoms with E-state index >= 15 is 0 Å². The zero-order valence-electron chi connectivity index (χ0n) is 40.5. The number of hydrogen-bond acceptors (Lipinski definition) is 4. The maximum atomic E-state index is 7.21. The number of amidine groups is 1. The van der Waals surface area contributed by atoms with E-state index in [0.717, 1.165) is 46.2 Å². The number of anilines is 1. The van der Waals surface area contributed by atoms with Gasteiger partial charge in [0, 0.05) is 51.7 Å². The van der Waals surface area contributed by atoms with Crippen LogP contribution in [0.4, 0.5) is 5.69 Å². The van der Waals surface area contributed by atoms with Crippen molar-refractivity contribution in [1.82, 2.24) is 9.55 Å². The van der Waals surface area contributed by atoms with Crippen molar-refractivity contribution in [2.45, 2.75) is 145 Å². The Morgan fingerprint density at radius 3 is 2.10 bits per heavy atom. The molecule has 1 aliphatic carbocycles. The molecule has 0 N–H and O–H groups in total. The third kappa shape index (κ3) is 5.66. The molecule has 2 aliphatic heterocycles. The van der Waals surface area contributed by atoms with E-state index in [2.05, 4.69) is 193 Å². The van der Waals surface area contributed by atoms with E-state index in [1.165, 1.54) is 88.7 Å². The van der Waals surface area contributed by atoms with Crippen molar-refractivity contribution >= 4 is 33.3 Å². The minimum Gasteiger partial charge on any atom is -0.457 e. The van der Waals surface area contributed by atoms with Crippen LogP contribution >= 0.6 is 0 Å².